The molecule has 0 aliphatic heterocycles. The van der Waals surface area contributed by atoms with Gasteiger partial charge in [-0.05, 0) is 13.3 Å². The van der Waals surface area contributed by atoms with E-state index in [0.717, 1.165) is 6.42 Å². The van der Waals surface area contributed by atoms with Crippen LogP contribution >= 0.6 is 0 Å². The van der Waals surface area contributed by atoms with Crippen molar-refractivity contribution >= 4 is 11.8 Å². The van der Waals surface area contributed by atoms with Crippen LogP contribution in [0.15, 0.2) is 0 Å². The van der Waals surface area contributed by atoms with E-state index in [9.17, 15) is 9.59 Å². The molecule has 4 nitrogen and oxygen atoms in total. The molecule has 5 heteroatoms. The van der Waals surface area contributed by atoms with E-state index in [1.807, 2.05) is 6.92 Å². The van der Waals surface area contributed by atoms with Crippen molar-refractivity contribution in [3.05, 3.63) is 0 Å². The van der Waals surface area contributed by atoms with Gasteiger partial charge in [-0.3, -0.25) is 9.59 Å². The van der Waals surface area contributed by atoms with Crippen LogP contribution in [0, 0.1) is 0 Å². The molecule has 0 aromatic heterocycles. The summed E-state index contributed by atoms with van der Waals surface area (Å²) in [6.45, 7) is 4.66. The molecule has 14 heavy (non-hydrogen) atoms. The standard InChI is InChI=1S/C9H16O4.Zn/c1-3-4-12-5-6-13-9(11)7-8(2)10;/h3-7H2,1-2H3;. The molecule has 0 unspecified atom stereocenters. The van der Waals surface area contributed by atoms with Crippen LogP contribution in [-0.4, -0.2) is 31.6 Å². The molecule has 0 rings (SSSR count). The first kappa shape index (κ1) is 16.2. The summed E-state index contributed by atoms with van der Waals surface area (Å²) in [5.41, 5.74) is 0. The zero-order valence-corrected chi connectivity index (χ0v) is 11.8. The van der Waals surface area contributed by atoms with E-state index in [1.54, 1.807) is 0 Å². The van der Waals surface area contributed by atoms with Crippen LogP contribution in [0.4, 0.5) is 0 Å². The van der Waals surface area contributed by atoms with E-state index < -0.39 is 5.97 Å². The van der Waals surface area contributed by atoms with Gasteiger partial charge >= 0.3 is 5.97 Å². The third-order valence-electron chi connectivity index (χ3n) is 1.23. The fraction of sp³-hybridized carbons (Fsp3) is 0.778. The van der Waals surface area contributed by atoms with E-state index in [-0.39, 0.29) is 38.3 Å². The van der Waals surface area contributed by atoms with Gasteiger partial charge in [0.25, 0.3) is 0 Å². The smallest absolute Gasteiger partial charge is 0.313 e. The molecule has 0 amide bonds. The second-order valence-electron chi connectivity index (χ2n) is 2.71. The van der Waals surface area contributed by atoms with Gasteiger partial charge in [0, 0.05) is 26.1 Å². The maximum atomic E-state index is 10.8. The molecule has 0 N–H and O–H groups in total. The summed E-state index contributed by atoms with van der Waals surface area (Å²) in [5.74, 6) is -0.660. The van der Waals surface area contributed by atoms with Crippen LogP contribution in [0.2, 0.25) is 0 Å². The first-order valence-corrected chi connectivity index (χ1v) is 4.39. The third kappa shape index (κ3) is 11.7. The maximum Gasteiger partial charge on any atom is 0.313 e. The number of ether oxygens (including phenoxy) is 2. The molecule has 0 bridgehead atoms. The molecule has 0 saturated heterocycles. The van der Waals surface area contributed by atoms with Crippen LogP contribution in [0.3, 0.4) is 0 Å². The molecule has 0 aromatic carbocycles. The number of hydrogen-bond donors (Lipinski definition) is 0. The molecule has 0 fully saturated rings. The zero-order chi connectivity index (χ0) is 10.1. The fourth-order valence-electron chi connectivity index (χ4n) is 0.715. The van der Waals surface area contributed by atoms with Gasteiger partial charge in [0.15, 0.2) is 0 Å². The fourth-order valence-corrected chi connectivity index (χ4v) is 0.715. The first-order chi connectivity index (χ1) is 6.16. The quantitative estimate of drug-likeness (QED) is 0.293. The average Bonchev–Trinajstić information content (AvgIpc) is 2.02. The van der Waals surface area contributed by atoms with E-state index in [2.05, 4.69) is 0 Å². The molecule has 0 spiro atoms. The van der Waals surface area contributed by atoms with Gasteiger partial charge in [-0.2, -0.15) is 0 Å². The average molecular weight is 254 g/mol. The number of carbonyl (C=O) groups excluding carboxylic acids is 2. The monoisotopic (exact) mass is 252 g/mol. The Balaban J connectivity index is 0. The Bertz CT molecular complexity index is 170. The summed E-state index contributed by atoms with van der Waals surface area (Å²) in [4.78, 5) is 21.2. The van der Waals surface area contributed by atoms with Gasteiger partial charge in [-0.15, -0.1) is 0 Å². The summed E-state index contributed by atoms with van der Waals surface area (Å²) in [6, 6.07) is 0. The minimum absolute atomic E-state index is 0. The number of ketones is 1. The van der Waals surface area contributed by atoms with Crippen molar-refractivity contribution in [1.29, 1.82) is 0 Å². The molecule has 0 atom stereocenters. The minimum Gasteiger partial charge on any atom is -0.463 e. The van der Waals surface area contributed by atoms with Gasteiger partial charge in [-0.25, -0.2) is 0 Å². The Morgan fingerprint density at radius 1 is 1.14 bits per heavy atom. The van der Waals surface area contributed by atoms with Gasteiger partial charge in [0.1, 0.15) is 18.8 Å². The topological polar surface area (TPSA) is 52.6 Å². The summed E-state index contributed by atoms with van der Waals surface area (Å²) < 4.78 is 9.79. The van der Waals surface area contributed by atoms with Crippen molar-refractivity contribution in [2.45, 2.75) is 26.7 Å². The van der Waals surface area contributed by atoms with E-state index in [4.69, 9.17) is 9.47 Å². The Kier molecular flexibility index (Phi) is 12.5. The molecule has 0 radical (unpaired) electrons. The van der Waals surface area contributed by atoms with Crippen LogP contribution < -0.4 is 0 Å². The predicted octanol–water partition coefficient (Wildman–Crippen LogP) is 0.933. The van der Waals surface area contributed by atoms with Gasteiger partial charge < -0.3 is 9.47 Å². The third-order valence-corrected chi connectivity index (χ3v) is 1.23. The maximum absolute atomic E-state index is 10.8. The molecule has 0 aromatic rings. The molecular formula is C9H16O4Zn. The van der Waals surface area contributed by atoms with Gasteiger partial charge in [0.05, 0.1) is 6.61 Å². The predicted molar refractivity (Wildman–Crippen MR) is 47.4 cm³/mol. The van der Waals surface area contributed by atoms with Crippen LogP contribution in [-0.2, 0) is 38.5 Å². The summed E-state index contributed by atoms with van der Waals surface area (Å²) in [5, 5.41) is 0. The van der Waals surface area contributed by atoms with Crippen molar-refractivity contribution in [1.82, 2.24) is 0 Å². The van der Waals surface area contributed by atoms with E-state index in [1.165, 1.54) is 6.92 Å². The van der Waals surface area contributed by atoms with Gasteiger partial charge in [-0.1, -0.05) is 6.92 Å². The first-order valence-electron chi connectivity index (χ1n) is 4.39. The van der Waals surface area contributed by atoms with Crippen LogP contribution in [0.5, 0.6) is 0 Å². The Morgan fingerprint density at radius 3 is 2.29 bits per heavy atom. The molecule has 0 aliphatic rings. The largest absolute Gasteiger partial charge is 0.463 e. The summed E-state index contributed by atoms with van der Waals surface area (Å²) in [7, 11) is 0. The molecule has 0 heterocycles. The molecule has 0 saturated carbocycles. The molecule has 78 valence electrons. The van der Waals surface area contributed by atoms with E-state index in [0.29, 0.717) is 13.2 Å². The van der Waals surface area contributed by atoms with Crippen molar-refractivity contribution < 1.29 is 38.5 Å². The number of Topliss-reactive ketones (excluding diaryl/α,β-unsaturated/α-hetero) is 1. The SMILES string of the molecule is CCCOCCOC(=O)CC(C)=O.[Zn]. The van der Waals surface area contributed by atoms with Crippen molar-refractivity contribution in [2.24, 2.45) is 0 Å². The Hall–Kier alpha value is -0.277. The van der Waals surface area contributed by atoms with Crippen LogP contribution in [0.1, 0.15) is 26.7 Å². The Labute approximate surface area is 97.1 Å². The van der Waals surface area contributed by atoms with Crippen LogP contribution in [0.25, 0.3) is 0 Å². The second kappa shape index (κ2) is 10.8. The summed E-state index contributed by atoms with van der Waals surface area (Å²) >= 11 is 0. The Morgan fingerprint density at radius 2 is 1.79 bits per heavy atom. The number of rotatable bonds is 7. The minimum atomic E-state index is -0.479. The van der Waals surface area contributed by atoms with Crippen molar-refractivity contribution in [3.63, 3.8) is 0 Å². The van der Waals surface area contributed by atoms with Crippen molar-refractivity contribution in [2.75, 3.05) is 19.8 Å². The molecule has 0 aliphatic carbocycles. The van der Waals surface area contributed by atoms with Gasteiger partial charge in [0.2, 0.25) is 0 Å². The second-order valence-corrected chi connectivity index (χ2v) is 2.71. The molecular weight excluding hydrogens is 237 g/mol. The zero-order valence-electron chi connectivity index (χ0n) is 8.88. The normalized spacial score (nSPS) is 9.00. The number of carbonyl (C=O) groups is 2. The van der Waals surface area contributed by atoms with Crippen molar-refractivity contribution in [3.8, 4) is 0 Å². The number of hydrogen-bond acceptors (Lipinski definition) is 4. The summed E-state index contributed by atoms with van der Waals surface area (Å²) in [6.07, 6.45) is 0.801. The number of esters is 1. The van der Waals surface area contributed by atoms with E-state index >= 15 is 0 Å².